The maximum atomic E-state index is 8.97. The van der Waals surface area contributed by atoms with Gasteiger partial charge in [0, 0.05) is 19.1 Å². The van der Waals surface area contributed by atoms with Gasteiger partial charge < -0.3 is 10.2 Å². The van der Waals surface area contributed by atoms with Crippen molar-refractivity contribution in [3.63, 3.8) is 0 Å². The van der Waals surface area contributed by atoms with E-state index >= 15 is 0 Å². The Labute approximate surface area is 120 Å². The molecule has 1 N–H and O–H groups in total. The molecule has 0 aliphatic carbocycles. The van der Waals surface area contributed by atoms with Crippen LogP contribution >= 0.6 is 0 Å². The van der Waals surface area contributed by atoms with E-state index in [0.29, 0.717) is 5.56 Å². The normalized spacial score (nSPS) is 23.8. The number of piperidine rings is 1. The van der Waals surface area contributed by atoms with Gasteiger partial charge in [0.25, 0.3) is 0 Å². The van der Waals surface area contributed by atoms with Crippen LogP contribution in [0.15, 0.2) is 12.1 Å². The number of nitriles is 1. The van der Waals surface area contributed by atoms with Gasteiger partial charge in [-0.05, 0) is 57.2 Å². The average molecular weight is 270 g/mol. The van der Waals surface area contributed by atoms with E-state index in [0.717, 1.165) is 36.6 Å². The van der Waals surface area contributed by atoms with Crippen LogP contribution in [0.5, 0.6) is 0 Å². The molecule has 2 fully saturated rings. The number of nitrogens with zero attached hydrogens (tertiary/aromatic N) is 3. The van der Waals surface area contributed by atoms with Crippen molar-refractivity contribution >= 4 is 5.82 Å². The minimum atomic E-state index is 0.679. The van der Waals surface area contributed by atoms with Crippen LogP contribution in [0.4, 0.5) is 5.82 Å². The molecule has 1 aromatic rings. The first-order chi connectivity index (χ1) is 9.78. The zero-order valence-electron chi connectivity index (χ0n) is 12.1. The van der Waals surface area contributed by atoms with Crippen molar-refractivity contribution in [1.82, 2.24) is 10.3 Å². The Bertz CT molecular complexity index is 506. The van der Waals surface area contributed by atoms with Gasteiger partial charge in [-0.2, -0.15) is 5.26 Å². The summed E-state index contributed by atoms with van der Waals surface area (Å²) in [6, 6.07) is 6.80. The highest BCUT2D eigenvalue weighted by atomic mass is 15.2. The predicted molar refractivity (Wildman–Crippen MR) is 79.7 cm³/mol. The Hall–Kier alpha value is -1.60. The van der Waals surface area contributed by atoms with Crippen LogP contribution < -0.4 is 10.2 Å². The number of anilines is 1. The summed E-state index contributed by atoms with van der Waals surface area (Å²) in [5.74, 6) is 1.85. The van der Waals surface area contributed by atoms with Crippen LogP contribution in [0.1, 0.15) is 36.9 Å². The van der Waals surface area contributed by atoms with E-state index in [1.165, 1.54) is 32.2 Å². The smallest absolute Gasteiger partial charge is 0.128 e. The van der Waals surface area contributed by atoms with E-state index in [4.69, 9.17) is 5.26 Å². The Morgan fingerprint density at radius 2 is 2.10 bits per heavy atom. The molecule has 106 valence electrons. The third-order valence-corrected chi connectivity index (χ3v) is 4.72. The van der Waals surface area contributed by atoms with Gasteiger partial charge in [0.1, 0.15) is 11.9 Å². The lowest BCUT2D eigenvalue weighted by Crippen LogP contribution is -2.41. The number of hydrogen-bond donors (Lipinski definition) is 1. The summed E-state index contributed by atoms with van der Waals surface area (Å²) < 4.78 is 0. The van der Waals surface area contributed by atoms with Crippen LogP contribution in [0, 0.1) is 24.2 Å². The number of aryl methyl sites for hydroxylation is 1. The van der Waals surface area contributed by atoms with E-state index in [1.54, 1.807) is 0 Å². The van der Waals surface area contributed by atoms with Gasteiger partial charge in [-0.1, -0.05) is 0 Å². The minimum Gasteiger partial charge on any atom is -0.357 e. The van der Waals surface area contributed by atoms with Crippen molar-refractivity contribution in [2.45, 2.75) is 38.6 Å². The largest absolute Gasteiger partial charge is 0.357 e. The molecule has 3 heterocycles. The highest BCUT2D eigenvalue weighted by molar-refractivity contribution is 5.45. The molecule has 2 saturated heterocycles. The Kier molecular flexibility index (Phi) is 3.88. The molecule has 2 aliphatic rings. The SMILES string of the molecule is Cc1nc(N2CCC(C3CCCN3)CC2)ccc1C#N. The molecule has 2 aliphatic heterocycles. The molecule has 0 saturated carbocycles. The maximum Gasteiger partial charge on any atom is 0.128 e. The van der Waals surface area contributed by atoms with Gasteiger partial charge in [0.15, 0.2) is 0 Å². The van der Waals surface area contributed by atoms with E-state index in [2.05, 4.69) is 21.3 Å². The molecule has 4 heteroatoms. The Morgan fingerprint density at radius 3 is 2.70 bits per heavy atom. The molecule has 0 radical (unpaired) electrons. The number of hydrogen-bond acceptors (Lipinski definition) is 4. The van der Waals surface area contributed by atoms with Crippen LogP contribution in [0.2, 0.25) is 0 Å². The lowest BCUT2D eigenvalue weighted by molar-refractivity contribution is 0.318. The molecular weight excluding hydrogens is 248 g/mol. The van der Waals surface area contributed by atoms with E-state index in [9.17, 15) is 0 Å². The molecule has 1 atom stereocenters. The molecule has 1 aromatic heterocycles. The van der Waals surface area contributed by atoms with E-state index in [-0.39, 0.29) is 0 Å². The predicted octanol–water partition coefficient (Wildman–Crippen LogP) is 2.23. The molecule has 3 rings (SSSR count). The van der Waals surface area contributed by atoms with Crippen molar-refractivity contribution in [2.24, 2.45) is 5.92 Å². The number of pyridine rings is 1. The first-order valence-corrected chi connectivity index (χ1v) is 7.64. The van der Waals surface area contributed by atoms with Crippen molar-refractivity contribution in [2.75, 3.05) is 24.5 Å². The molecule has 20 heavy (non-hydrogen) atoms. The molecule has 1 unspecified atom stereocenters. The summed E-state index contributed by atoms with van der Waals surface area (Å²) in [6.07, 6.45) is 5.18. The van der Waals surface area contributed by atoms with Crippen LogP contribution in [0.25, 0.3) is 0 Å². The number of aromatic nitrogens is 1. The lowest BCUT2D eigenvalue weighted by atomic mass is 9.88. The first-order valence-electron chi connectivity index (χ1n) is 7.64. The molecule has 0 amide bonds. The van der Waals surface area contributed by atoms with Gasteiger partial charge in [-0.25, -0.2) is 4.98 Å². The Morgan fingerprint density at radius 1 is 1.30 bits per heavy atom. The molecule has 4 nitrogen and oxygen atoms in total. The quantitative estimate of drug-likeness (QED) is 0.895. The van der Waals surface area contributed by atoms with Crippen molar-refractivity contribution in [3.8, 4) is 6.07 Å². The lowest BCUT2D eigenvalue weighted by Gasteiger charge is -2.35. The molecular formula is C16H22N4. The van der Waals surface area contributed by atoms with Crippen LogP contribution in [0.3, 0.4) is 0 Å². The topological polar surface area (TPSA) is 52.0 Å². The van der Waals surface area contributed by atoms with Crippen molar-refractivity contribution in [1.29, 1.82) is 5.26 Å². The third kappa shape index (κ3) is 2.64. The summed E-state index contributed by atoms with van der Waals surface area (Å²) in [4.78, 5) is 6.94. The molecule has 0 bridgehead atoms. The first kappa shape index (κ1) is 13.4. The van der Waals surface area contributed by atoms with E-state index < -0.39 is 0 Å². The second kappa shape index (κ2) is 5.80. The number of nitrogens with one attached hydrogen (secondary N) is 1. The summed E-state index contributed by atoms with van der Waals surface area (Å²) >= 11 is 0. The minimum absolute atomic E-state index is 0.679. The van der Waals surface area contributed by atoms with Gasteiger partial charge in [0.05, 0.1) is 11.3 Å². The second-order valence-electron chi connectivity index (χ2n) is 5.94. The van der Waals surface area contributed by atoms with Gasteiger partial charge >= 0.3 is 0 Å². The van der Waals surface area contributed by atoms with Crippen molar-refractivity contribution < 1.29 is 0 Å². The fraction of sp³-hybridized carbons (Fsp3) is 0.625. The fourth-order valence-electron chi connectivity index (χ4n) is 3.49. The van der Waals surface area contributed by atoms with Crippen LogP contribution in [-0.4, -0.2) is 30.7 Å². The summed E-state index contributed by atoms with van der Waals surface area (Å²) in [5, 5.41) is 12.6. The van der Waals surface area contributed by atoms with Gasteiger partial charge in [0.2, 0.25) is 0 Å². The van der Waals surface area contributed by atoms with E-state index in [1.807, 2.05) is 19.1 Å². The summed E-state index contributed by atoms with van der Waals surface area (Å²) in [5.41, 5.74) is 1.52. The average Bonchev–Trinajstić information content (AvgIpc) is 3.01. The maximum absolute atomic E-state index is 8.97. The Balaban J connectivity index is 1.63. The van der Waals surface area contributed by atoms with Gasteiger partial charge in [-0.3, -0.25) is 0 Å². The fourth-order valence-corrected chi connectivity index (χ4v) is 3.49. The zero-order chi connectivity index (χ0) is 13.9. The zero-order valence-corrected chi connectivity index (χ0v) is 12.1. The highest BCUT2D eigenvalue weighted by Gasteiger charge is 2.28. The third-order valence-electron chi connectivity index (χ3n) is 4.72. The number of rotatable bonds is 2. The standard InChI is InChI=1S/C16H22N4/c1-12-14(11-17)4-5-16(19-12)20-9-6-13(7-10-20)15-3-2-8-18-15/h4-5,13,15,18H,2-3,6-10H2,1H3. The summed E-state index contributed by atoms with van der Waals surface area (Å²) in [6.45, 7) is 5.28. The monoisotopic (exact) mass is 270 g/mol. The van der Waals surface area contributed by atoms with Gasteiger partial charge in [-0.15, -0.1) is 0 Å². The molecule has 0 spiro atoms. The second-order valence-corrected chi connectivity index (χ2v) is 5.94. The summed E-state index contributed by atoms with van der Waals surface area (Å²) in [7, 11) is 0. The van der Waals surface area contributed by atoms with Crippen molar-refractivity contribution in [3.05, 3.63) is 23.4 Å². The molecule has 0 aromatic carbocycles. The highest BCUT2D eigenvalue weighted by Crippen LogP contribution is 2.28. The van der Waals surface area contributed by atoms with Crippen LogP contribution in [-0.2, 0) is 0 Å².